The molecule has 1 aromatic carbocycles. The fraction of sp³-hybridized carbons (Fsp3) is 0.0769. The summed E-state index contributed by atoms with van der Waals surface area (Å²) in [7, 11) is 0. The lowest BCUT2D eigenvalue weighted by atomic mass is 10.1. The van der Waals surface area contributed by atoms with Gasteiger partial charge in [0.05, 0.1) is 17.8 Å². The predicted molar refractivity (Wildman–Crippen MR) is 75.4 cm³/mol. The summed E-state index contributed by atoms with van der Waals surface area (Å²) in [4.78, 5) is 14.7. The Kier molecular flexibility index (Phi) is 3.93. The highest BCUT2D eigenvalue weighted by molar-refractivity contribution is 6.35. The molecule has 4 nitrogen and oxygen atoms in total. The number of halogens is 2. The first-order chi connectivity index (χ1) is 8.95. The molecule has 0 saturated heterocycles. The number of carboxylic acids is 1. The second kappa shape index (κ2) is 5.47. The van der Waals surface area contributed by atoms with Crippen LogP contribution in [0.15, 0.2) is 30.5 Å². The first-order valence-electron chi connectivity index (χ1n) is 5.38. The molecule has 19 heavy (non-hydrogen) atoms. The highest BCUT2D eigenvalue weighted by atomic mass is 35.5. The topological polar surface area (TPSA) is 76.2 Å². The summed E-state index contributed by atoms with van der Waals surface area (Å²) >= 11 is 11.9. The van der Waals surface area contributed by atoms with Crippen molar-refractivity contribution in [3.8, 4) is 11.1 Å². The number of aliphatic carboxylic acids is 1. The maximum absolute atomic E-state index is 10.6. The zero-order chi connectivity index (χ0) is 14.0. The molecule has 0 spiro atoms. The van der Waals surface area contributed by atoms with Crippen LogP contribution in [0.1, 0.15) is 5.69 Å². The Hall–Kier alpha value is -1.78. The molecule has 0 bridgehead atoms. The number of carboxylic acid groups (broad SMARTS) is 1. The van der Waals surface area contributed by atoms with E-state index in [1.165, 1.54) is 0 Å². The number of nitrogens with zero attached hydrogens (tertiary/aromatic N) is 1. The molecule has 0 atom stereocenters. The van der Waals surface area contributed by atoms with Crippen molar-refractivity contribution < 1.29 is 9.90 Å². The van der Waals surface area contributed by atoms with Crippen molar-refractivity contribution in [2.45, 2.75) is 6.42 Å². The molecule has 0 fully saturated rings. The Labute approximate surface area is 119 Å². The van der Waals surface area contributed by atoms with Gasteiger partial charge in [0.2, 0.25) is 0 Å². The molecule has 0 aliphatic rings. The highest BCUT2D eigenvalue weighted by Crippen LogP contribution is 2.28. The van der Waals surface area contributed by atoms with E-state index in [1.54, 1.807) is 30.5 Å². The Morgan fingerprint density at radius 2 is 1.79 bits per heavy atom. The predicted octanol–water partition coefficient (Wildman–Crippen LogP) is 3.26. The summed E-state index contributed by atoms with van der Waals surface area (Å²) in [6, 6.07) is 6.76. The van der Waals surface area contributed by atoms with Gasteiger partial charge in [-0.3, -0.25) is 9.78 Å². The fourth-order valence-corrected chi connectivity index (χ4v) is 2.21. The normalized spacial score (nSPS) is 10.4. The number of rotatable bonds is 3. The van der Waals surface area contributed by atoms with Crippen LogP contribution >= 0.6 is 23.2 Å². The standard InChI is InChI=1S/C13H10Cl2N2O2/c14-9-1-7(2-10(15)4-9)8-3-11(16)12(17-6-8)5-13(18)19/h1-4,6H,5,16H2,(H,18,19). The van der Waals surface area contributed by atoms with Crippen molar-refractivity contribution in [3.05, 3.63) is 46.2 Å². The minimum Gasteiger partial charge on any atom is -0.481 e. The summed E-state index contributed by atoms with van der Waals surface area (Å²) < 4.78 is 0. The zero-order valence-corrected chi connectivity index (χ0v) is 11.2. The van der Waals surface area contributed by atoms with Crippen LogP contribution in [0.3, 0.4) is 0 Å². The van der Waals surface area contributed by atoms with Crippen molar-refractivity contribution in [2.24, 2.45) is 0 Å². The second-order valence-electron chi connectivity index (χ2n) is 3.99. The van der Waals surface area contributed by atoms with Gasteiger partial charge in [0, 0.05) is 21.8 Å². The molecule has 6 heteroatoms. The summed E-state index contributed by atoms with van der Waals surface area (Å²) in [5.74, 6) is -0.974. The summed E-state index contributed by atoms with van der Waals surface area (Å²) in [6.07, 6.45) is 1.35. The number of benzene rings is 1. The number of nitrogen functional groups attached to an aromatic ring is 1. The van der Waals surface area contributed by atoms with E-state index in [0.29, 0.717) is 21.4 Å². The van der Waals surface area contributed by atoms with E-state index in [9.17, 15) is 4.79 Å². The molecule has 2 rings (SSSR count). The van der Waals surface area contributed by atoms with Gasteiger partial charge in [-0.15, -0.1) is 0 Å². The quantitative estimate of drug-likeness (QED) is 0.911. The Bertz CT molecular complexity index is 624. The molecule has 0 radical (unpaired) electrons. The van der Waals surface area contributed by atoms with E-state index in [2.05, 4.69) is 4.98 Å². The van der Waals surface area contributed by atoms with Gasteiger partial charge in [-0.25, -0.2) is 0 Å². The van der Waals surface area contributed by atoms with Crippen LogP contribution in [0.25, 0.3) is 11.1 Å². The van der Waals surface area contributed by atoms with Crippen molar-refractivity contribution in [1.29, 1.82) is 0 Å². The fourth-order valence-electron chi connectivity index (χ4n) is 1.68. The minimum absolute atomic E-state index is 0.206. The van der Waals surface area contributed by atoms with Gasteiger partial charge in [-0.1, -0.05) is 23.2 Å². The number of aromatic nitrogens is 1. The van der Waals surface area contributed by atoms with Crippen molar-refractivity contribution in [3.63, 3.8) is 0 Å². The molecule has 0 aliphatic heterocycles. The van der Waals surface area contributed by atoms with Gasteiger partial charge in [-0.05, 0) is 29.8 Å². The SMILES string of the molecule is Nc1cc(-c2cc(Cl)cc(Cl)c2)cnc1CC(=O)O. The lowest BCUT2D eigenvalue weighted by Crippen LogP contribution is -2.06. The van der Waals surface area contributed by atoms with Crippen LogP contribution in [0, 0.1) is 0 Å². The van der Waals surface area contributed by atoms with Crippen LogP contribution in [0.4, 0.5) is 5.69 Å². The van der Waals surface area contributed by atoms with Gasteiger partial charge >= 0.3 is 5.97 Å². The van der Waals surface area contributed by atoms with E-state index in [0.717, 1.165) is 11.1 Å². The van der Waals surface area contributed by atoms with Crippen LogP contribution in [-0.4, -0.2) is 16.1 Å². The van der Waals surface area contributed by atoms with Gasteiger partial charge in [0.1, 0.15) is 0 Å². The molecule has 1 aromatic heterocycles. The molecular weight excluding hydrogens is 287 g/mol. The molecule has 0 unspecified atom stereocenters. The Morgan fingerprint density at radius 1 is 1.16 bits per heavy atom. The molecular formula is C13H10Cl2N2O2. The number of nitrogens with two attached hydrogens (primary N) is 1. The number of hydrogen-bond acceptors (Lipinski definition) is 3. The van der Waals surface area contributed by atoms with Crippen molar-refractivity contribution in [2.75, 3.05) is 5.73 Å². The average molecular weight is 297 g/mol. The monoisotopic (exact) mass is 296 g/mol. The van der Waals surface area contributed by atoms with Gasteiger partial charge in [0.15, 0.2) is 0 Å². The Morgan fingerprint density at radius 3 is 2.32 bits per heavy atom. The molecule has 98 valence electrons. The van der Waals surface area contributed by atoms with Crippen LogP contribution in [-0.2, 0) is 11.2 Å². The van der Waals surface area contributed by atoms with E-state index in [-0.39, 0.29) is 6.42 Å². The molecule has 2 aromatic rings. The highest BCUT2D eigenvalue weighted by Gasteiger charge is 2.09. The third kappa shape index (κ3) is 3.36. The minimum atomic E-state index is -0.974. The number of carbonyl (C=O) groups is 1. The molecule has 3 N–H and O–H groups in total. The molecule has 0 saturated carbocycles. The average Bonchev–Trinajstić information content (AvgIpc) is 2.30. The maximum Gasteiger partial charge on any atom is 0.309 e. The van der Waals surface area contributed by atoms with Gasteiger partial charge in [0.25, 0.3) is 0 Å². The number of pyridine rings is 1. The van der Waals surface area contributed by atoms with Gasteiger partial charge < -0.3 is 10.8 Å². The third-order valence-corrected chi connectivity index (χ3v) is 2.95. The first kappa shape index (κ1) is 13.6. The molecule has 0 amide bonds. The smallest absolute Gasteiger partial charge is 0.309 e. The zero-order valence-electron chi connectivity index (χ0n) is 9.73. The van der Waals surface area contributed by atoms with E-state index >= 15 is 0 Å². The van der Waals surface area contributed by atoms with Crippen LogP contribution in [0.5, 0.6) is 0 Å². The van der Waals surface area contributed by atoms with E-state index in [1.807, 2.05) is 0 Å². The number of anilines is 1. The largest absolute Gasteiger partial charge is 0.481 e. The van der Waals surface area contributed by atoms with E-state index in [4.69, 9.17) is 34.0 Å². The molecule has 1 heterocycles. The van der Waals surface area contributed by atoms with Crippen molar-refractivity contribution >= 4 is 34.9 Å². The second-order valence-corrected chi connectivity index (χ2v) is 4.86. The first-order valence-corrected chi connectivity index (χ1v) is 6.14. The summed E-state index contributed by atoms with van der Waals surface area (Å²) in [5.41, 5.74) is 7.97. The number of hydrogen-bond donors (Lipinski definition) is 2. The van der Waals surface area contributed by atoms with Gasteiger partial charge in [-0.2, -0.15) is 0 Å². The lowest BCUT2D eigenvalue weighted by Gasteiger charge is -2.07. The van der Waals surface area contributed by atoms with E-state index < -0.39 is 5.97 Å². The summed E-state index contributed by atoms with van der Waals surface area (Å²) in [5, 5.41) is 9.74. The third-order valence-electron chi connectivity index (χ3n) is 2.52. The van der Waals surface area contributed by atoms with Crippen LogP contribution < -0.4 is 5.73 Å². The maximum atomic E-state index is 10.6. The van der Waals surface area contributed by atoms with Crippen molar-refractivity contribution in [1.82, 2.24) is 4.98 Å². The summed E-state index contributed by atoms with van der Waals surface area (Å²) in [6.45, 7) is 0. The lowest BCUT2D eigenvalue weighted by molar-refractivity contribution is -0.136. The van der Waals surface area contributed by atoms with Crippen LogP contribution in [0.2, 0.25) is 10.0 Å². The molecule has 0 aliphatic carbocycles. The Balaban J connectivity index is 2.41.